The average Bonchev–Trinajstić information content (AvgIpc) is 2.37. The first-order valence-corrected chi connectivity index (χ1v) is 6.61. The summed E-state index contributed by atoms with van der Waals surface area (Å²) in [5.74, 6) is -1.35. The molecule has 1 amide bonds. The van der Waals surface area contributed by atoms with Crippen LogP contribution in [0.15, 0.2) is 30.3 Å². The van der Waals surface area contributed by atoms with E-state index in [0.29, 0.717) is 6.42 Å². The van der Waals surface area contributed by atoms with Gasteiger partial charge in [-0.05, 0) is 5.56 Å². The summed E-state index contributed by atoms with van der Waals surface area (Å²) in [6.07, 6.45) is 0.321. The fraction of sp³-hybridized carbons (Fsp3) is 0.438. The van der Waals surface area contributed by atoms with E-state index >= 15 is 0 Å². The molecule has 0 fully saturated rings. The van der Waals surface area contributed by atoms with Gasteiger partial charge in [-0.3, -0.25) is 14.4 Å². The third kappa shape index (κ3) is 4.61. The molecule has 0 aliphatic rings. The van der Waals surface area contributed by atoms with Crippen molar-refractivity contribution < 1.29 is 14.4 Å². The quantitative estimate of drug-likeness (QED) is 0.835. The van der Waals surface area contributed by atoms with Crippen molar-refractivity contribution in [2.45, 2.75) is 40.2 Å². The molecular weight excluding hydrogens is 254 g/mol. The molecular formula is C16H21NO3. The summed E-state index contributed by atoms with van der Waals surface area (Å²) in [6.45, 7) is 6.52. The second-order valence-corrected chi connectivity index (χ2v) is 5.89. The largest absolute Gasteiger partial charge is 0.345 e. The molecule has 0 spiro atoms. The van der Waals surface area contributed by atoms with E-state index in [1.807, 2.05) is 30.3 Å². The molecule has 0 heterocycles. The van der Waals surface area contributed by atoms with Crippen molar-refractivity contribution in [2.24, 2.45) is 5.41 Å². The van der Waals surface area contributed by atoms with E-state index in [2.05, 4.69) is 5.32 Å². The van der Waals surface area contributed by atoms with E-state index in [9.17, 15) is 14.4 Å². The Bertz CT molecular complexity index is 500. The van der Waals surface area contributed by atoms with Gasteiger partial charge in [-0.1, -0.05) is 51.1 Å². The minimum atomic E-state index is -0.804. The molecule has 4 nitrogen and oxygen atoms in total. The molecule has 0 aliphatic heterocycles. The summed E-state index contributed by atoms with van der Waals surface area (Å²) < 4.78 is 0. The van der Waals surface area contributed by atoms with Crippen molar-refractivity contribution in [2.75, 3.05) is 0 Å². The van der Waals surface area contributed by atoms with Crippen LogP contribution in [0.4, 0.5) is 0 Å². The molecule has 0 aromatic heterocycles. The number of hydrogen-bond donors (Lipinski definition) is 1. The lowest BCUT2D eigenvalue weighted by Gasteiger charge is -2.23. The summed E-state index contributed by atoms with van der Waals surface area (Å²) in [5.41, 5.74) is 0.299. The molecule has 20 heavy (non-hydrogen) atoms. The molecule has 108 valence electrons. The lowest BCUT2D eigenvalue weighted by Crippen LogP contribution is -2.48. The van der Waals surface area contributed by atoms with Crippen LogP contribution in [0.5, 0.6) is 0 Å². The van der Waals surface area contributed by atoms with Gasteiger partial charge in [-0.25, -0.2) is 0 Å². The Kier molecular flexibility index (Phi) is 5.19. The first-order chi connectivity index (χ1) is 9.21. The summed E-state index contributed by atoms with van der Waals surface area (Å²) in [5, 5.41) is 2.68. The second kappa shape index (κ2) is 6.46. The Hall–Kier alpha value is -1.97. The van der Waals surface area contributed by atoms with Crippen LogP contribution in [-0.2, 0) is 20.8 Å². The van der Waals surface area contributed by atoms with Crippen LogP contribution in [0.2, 0.25) is 0 Å². The summed E-state index contributed by atoms with van der Waals surface area (Å²) in [7, 11) is 0. The zero-order chi connectivity index (χ0) is 15.3. The molecule has 4 heteroatoms. The van der Waals surface area contributed by atoms with Gasteiger partial charge in [0.1, 0.15) is 0 Å². The molecule has 0 saturated carbocycles. The van der Waals surface area contributed by atoms with E-state index in [0.717, 1.165) is 5.56 Å². The van der Waals surface area contributed by atoms with Gasteiger partial charge in [0.25, 0.3) is 0 Å². The average molecular weight is 275 g/mol. The topological polar surface area (TPSA) is 63.2 Å². The van der Waals surface area contributed by atoms with Gasteiger partial charge >= 0.3 is 0 Å². The van der Waals surface area contributed by atoms with Crippen LogP contribution in [0.1, 0.15) is 33.3 Å². The number of carbonyl (C=O) groups is 3. The van der Waals surface area contributed by atoms with E-state index in [-0.39, 0.29) is 5.91 Å². The molecule has 1 N–H and O–H groups in total. The minimum Gasteiger partial charge on any atom is -0.345 e. The predicted octanol–water partition coefficient (Wildman–Crippen LogP) is 1.92. The van der Waals surface area contributed by atoms with Gasteiger partial charge in [-0.2, -0.15) is 0 Å². The van der Waals surface area contributed by atoms with E-state index in [1.54, 1.807) is 20.8 Å². The van der Waals surface area contributed by atoms with Crippen molar-refractivity contribution in [3.63, 3.8) is 0 Å². The van der Waals surface area contributed by atoms with Gasteiger partial charge in [0, 0.05) is 18.8 Å². The van der Waals surface area contributed by atoms with E-state index in [4.69, 9.17) is 0 Å². The maximum atomic E-state index is 12.0. The molecule has 1 rings (SSSR count). The number of ketones is 2. The lowest BCUT2D eigenvalue weighted by molar-refractivity contribution is -0.139. The van der Waals surface area contributed by atoms with E-state index < -0.39 is 23.0 Å². The number of rotatable bonds is 5. The van der Waals surface area contributed by atoms with Crippen molar-refractivity contribution in [1.82, 2.24) is 5.32 Å². The number of Topliss-reactive ketones (excluding diaryl/α,β-unsaturated/α-hetero) is 2. The van der Waals surface area contributed by atoms with E-state index in [1.165, 1.54) is 6.92 Å². The van der Waals surface area contributed by atoms with Crippen LogP contribution in [0.3, 0.4) is 0 Å². The van der Waals surface area contributed by atoms with Gasteiger partial charge < -0.3 is 5.32 Å². The molecule has 0 bridgehead atoms. The third-order valence-corrected chi connectivity index (χ3v) is 2.93. The highest BCUT2D eigenvalue weighted by Crippen LogP contribution is 2.14. The minimum absolute atomic E-state index is 0.243. The Morgan fingerprint density at radius 2 is 1.65 bits per heavy atom. The zero-order valence-corrected chi connectivity index (χ0v) is 12.4. The maximum Gasteiger partial charge on any atom is 0.225 e. The smallest absolute Gasteiger partial charge is 0.225 e. The first-order valence-electron chi connectivity index (χ1n) is 6.61. The van der Waals surface area contributed by atoms with Gasteiger partial charge in [-0.15, -0.1) is 0 Å². The highest BCUT2D eigenvalue weighted by atomic mass is 16.2. The summed E-state index contributed by atoms with van der Waals surface area (Å²) in [4.78, 5) is 35.3. The van der Waals surface area contributed by atoms with Crippen molar-refractivity contribution in [3.05, 3.63) is 35.9 Å². The molecule has 1 aromatic carbocycles. The van der Waals surface area contributed by atoms with Crippen LogP contribution in [0, 0.1) is 5.41 Å². The Labute approximate surface area is 119 Å². The predicted molar refractivity (Wildman–Crippen MR) is 77.2 cm³/mol. The van der Waals surface area contributed by atoms with Crippen LogP contribution in [0.25, 0.3) is 0 Å². The van der Waals surface area contributed by atoms with Crippen molar-refractivity contribution >= 4 is 17.5 Å². The molecule has 1 unspecified atom stereocenters. The van der Waals surface area contributed by atoms with Crippen LogP contribution < -0.4 is 5.32 Å². The van der Waals surface area contributed by atoms with Crippen molar-refractivity contribution in [1.29, 1.82) is 0 Å². The van der Waals surface area contributed by atoms with Crippen molar-refractivity contribution in [3.8, 4) is 0 Å². The normalized spacial score (nSPS) is 12.6. The third-order valence-electron chi connectivity index (χ3n) is 2.93. The molecule has 1 aromatic rings. The molecule has 0 aliphatic carbocycles. The SMILES string of the molecule is CC(=O)C(=O)C(Cc1ccccc1)NC(=O)C(C)(C)C. The van der Waals surface area contributed by atoms with Crippen LogP contribution >= 0.6 is 0 Å². The number of carbonyl (C=O) groups excluding carboxylic acids is 3. The number of amides is 1. The molecule has 0 saturated heterocycles. The highest BCUT2D eigenvalue weighted by Gasteiger charge is 2.29. The van der Waals surface area contributed by atoms with Gasteiger partial charge in [0.15, 0.2) is 5.78 Å². The molecule has 0 radical (unpaired) electrons. The maximum absolute atomic E-state index is 12.0. The summed E-state index contributed by atoms with van der Waals surface area (Å²) >= 11 is 0. The lowest BCUT2D eigenvalue weighted by atomic mass is 9.93. The number of nitrogens with one attached hydrogen (secondary N) is 1. The zero-order valence-electron chi connectivity index (χ0n) is 12.4. The summed E-state index contributed by atoms with van der Waals surface area (Å²) in [6, 6.07) is 8.51. The fourth-order valence-corrected chi connectivity index (χ4v) is 1.68. The standard InChI is InChI=1S/C16H21NO3/c1-11(18)14(19)13(17-15(20)16(2,3)4)10-12-8-6-5-7-9-12/h5-9,13H,10H2,1-4H3,(H,17,20). The fourth-order valence-electron chi connectivity index (χ4n) is 1.68. The first kappa shape index (κ1) is 16.1. The van der Waals surface area contributed by atoms with Crippen LogP contribution in [-0.4, -0.2) is 23.5 Å². The monoisotopic (exact) mass is 275 g/mol. The second-order valence-electron chi connectivity index (χ2n) is 5.89. The highest BCUT2D eigenvalue weighted by molar-refractivity contribution is 6.38. The Morgan fingerprint density at radius 1 is 1.10 bits per heavy atom. The number of benzene rings is 1. The Balaban J connectivity index is 2.89. The molecule has 1 atom stereocenters. The van der Waals surface area contributed by atoms with Gasteiger partial charge in [0.05, 0.1) is 6.04 Å². The number of hydrogen-bond acceptors (Lipinski definition) is 3. The Morgan fingerprint density at radius 3 is 2.10 bits per heavy atom. The van der Waals surface area contributed by atoms with Gasteiger partial charge in [0.2, 0.25) is 11.7 Å².